The number of fused-ring (bicyclic) bond motifs is 1. The fourth-order valence-corrected chi connectivity index (χ4v) is 3.09. The summed E-state index contributed by atoms with van der Waals surface area (Å²) in [4.78, 5) is 18.7. The van der Waals surface area contributed by atoms with Crippen molar-refractivity contribution < 1.29 is 9.32 Å². The Morgan fingerprint density at radius 2 is 2.23 bits per heavy atom. The Balaban J connectivity index is 1.75. The molecule has 1 unspecified atom stereocenters. The number of nitrogens with zero attached hydrogens (tertiary/aromatic N) is 3. The van der Waals surface area contributed by atoms with E-state index in [-0.39, 0.29) is 11.8 Å². The van der Waals surface area contributed by atoms with E-state index < -0.39 is 0 Å². The number of ketones is 1. The highest BCUT2D eigenvalue weighted by Gasteiger charge is 2.21. The van der Waals surface area contributed by atoms with E-state index in [0.717, 1.165) is 10.9 Å². The molecule has 0 spiro atoms. The molecule has 0 aliphatic heterocycles. The standard InChI is InChI=1S/C16H17N3O2S/c1-10(19(3)9-15-17-11(2)18-21-15)16(20)13-4-5-14-12(8-13)6-7-22-14/h4-8,10H,9H2,1-3H3. The second-order valence-electron chi connectivity index (χ2n) is 5.36. The van der Waals surface area contributed by atoms with Crippen LogP contribution in [0.5, 0.6) is 0 Å². The van der Waals surface area contributed by atoms with E-state index in [2.05, 4.69) is 10.1 Å². The molecule has 1 atom stereocenters. The minimum absolute atomic E-state index is 0.0897. The van der Waals surface area contributed by atoms with E-state index in [4.69, 9.17) is 4.52 Å². The van der Waals surface area contributed by atoms with Crippen LogP contribution in [0.15, 0.2) is 34.2 Å². The second kappa shape index (κ2) is 5.98. The van der Waals surface area contributed by atoms with Gasteiger partial charge in [0.05, 0.1) is 12.6 Å². The zero-order chi connectivity index (χ0) is 15.7. The van der Waals surface area contributed by atoms with Gasteiger partial charge in [-0.05, 0) is 55.9 Å². The predicted octanol–water partition coefficient (Wildman–Crippen LogP) is 3.30. The molecule has 1 aromatic carbocycles. The van der Waals surface area contributed by atoms with Crippen molar-refractivity contribution >= 4 is 27.2 Å². The highest BCUT2D eigenvalue weighted by Crippen LogP contribution is 2.23. The topological polar surface area (TPSA) is 59.2 Å². The third kappa shape index (κ3) is 2.93. The van der Waals surface area contributed by atoms with Crippen molar-refractivity contribution in [3.05, 3.63) is 46.9 Å². The lowest BCUT2D eigenvalue weighted by Gasteiger charge is -2.21. The zero-order valence-electron chi connectivity index (χ0n) is 12.7. The van der Waals surface area contributed by atoms with Crippen LogP contribution in [0, 0.1) is 6.92 Å². The van der Waals surface area contributed by atoms with Crippen molar-refractivity contribution in [2.75, 3.05) is 7.05 Å². The highest BCUT2D eigenvalue weighted by atomic mass is 32.1. The molecule has 3 rings (SSSR count). The van der Waals surface area contributed by atoms with Gasteiger partial charge in [0.25, 0.3) is 0 Å². The smallest absolute Gasteiger partial charge is 0.240 e. The molecule has 3 aromatic rings. The summed E-state index contributed by atoms with van der Waals surface area (Å²) in [5.74, 6) is 1.21. The summed E-state index contributed by atoms with van der Waals surface area (Å²) in [5.41, 5.74) is 0.729. The van der Waals surface area contributed by atoms with Crippen LogP contribution in [0.1, 0.15) is 29.0 Å². The number of carbonyl (C=O) groups excluding carboxylic acids is 1. The number of aromatic nitrogens is 2. The summed E-state index contributed by atoms with van der Waals surface area (Å²) in [6.45, 7) is 4.12. The third-order valence-corrected chi connectivity index (χ3v) is 4.63. The van der Waals surface area contributed by atoms with Crippen molar-refractivity contribution in [3.8, 4) is 0 Å². The van der Waals surface area contributed by atoms with E-state index in [0.29, 0.717) is 18.3 Å². The first-order chi connectivity index (χ1) is 10.5. The van der Waals surface area contributed by atoms with Crippen LogP contribution in [0.25, 0.3) is 10.1 Å². The van der Waals surface area contributed by atoms with Crippen molar-refractivity contribution in [1.82, 2.24) is 15.0 Å². The normalized spacial score (nSPS) is 12.9. The van der Waals surface area contributed by atoms with Crippen molar-refractivity contribution in [3.63, 3.8) is 0 Å². The summed E-state index contributed by atoms with van der Waals surface area (Å²) in [6, 6.07) is 7.62. The molecule has 0 N–H and O–H groups in total. The fraction of sp³-hybridized carbons (Fsp3) is 0.312. The molecular weight excluding hydrogens is 298 g/mol. The lowest BCUT2D eigenvalue weighted by Crippen LogP contribution is -2.35. The van der Waals surface area contributed by atoms with Crippen LogP contribution in [-0.4, -0.2) is 33.9 Å². The van der Waals surface area contributed by atoms with Crippen LogP contribution in [-0.2, 0) is 6.54 Å². The number of carbonyl (C=O) groups is 1. The van der Waals surface area contributed by atoms with Gasteiger partial charge in [0, 0.05) is 10.3 Å². The Labute approximate surface area is 132 Å². The average Bonchev–Trinajstić information content (AvgIpc) is 3.13. The molecule has 5 nitrogen and oxygen atoms in total. The Hall–Kier alpha value is -2.05. The minimum atomic E-state index is -0.261. The van der Waals surface area contributed by atoms with Crippen LogP contribution in [0.3, 0.4) is 0 Å². The van der Waals surface area contributed by atoms with E-state index in [1.165, 1.54) is 4.70 Å². The molecule has 0 fully saturated rings. The molecule has 2 aromatic heterocycles. The van der Waals surface area contributed by atoms with Crippen LogP contribution in [0.4, 0.5) is 0 Å². The second-order valence-corrected chi connectivity index (χ2v) is 6.31. The lowest BCUT2D eigenvalue weighted by molar-refractivity contribution is 0.0851. The van der Waals surface area contributed by atoms with Gasteiger partial charge < -0.3 is 4.52 Å². The monoisotopic (exact) mass is 315 g/mol. The molecule has 114 valence electrons. The van der Waals surface area contributed by atoms with Gasteiger partial charge in [-0.3, -0.25) is 9.69 Å². The molecule has 6 heteroatoms. The quantitative estimate of drug-likeness (QED) is 0.676. The van der Waals surface area contributed by atoms with Crippen LogP contribution in [0.2, 0.25) is 0 Å². The number of likely N-dealkylation sites (N-methyl/N-ethyl adjacent to an activating group) is 1. The summed E-state index contributed by atoms with van der Waals surface area (Å²) < 4.78 is 6.30. The summed E-state index contributed by atoms with van der Waals surface area (Å²) in [5, 5.41) is 6.91. The molecule has 0 aliphatic carbocycles. The molecule has 0 radical (unpaired) electrons. The minimum Gasteiger partial charge on any atom is -0.338 e. The van der Waals surface area contributed by atoms with Gasteiger partial charge in [-0.1, -0.05) is 5.16 Å². The number of hydrogen-bond donors (Lipinski definition) is 0. The number of thiophene rings is 1. The molecule has 0 bridgehead atoms. The SMILES string of the molecule is Cc1noc(CN(C)C(C)C(=O)c2ccc3sccc3c2)n1. The first kappa shape index (κ1) is 14.9. The Bertz CT molecular complexity index is 808. The molecule has 0 aliphatic rings. The Morgan fingerprint density at radius 1 is 1.41 bits per heavy atom. The maximum atomic E-state index is 12.6. The van der Waals surface area contributed by atoms with E-state index >= 15 is 0 Å². The molecular formula is C16H17N3O2S. The summed E-state index contributed by atoms with van der Waals surface area (Å²) >= 11 is 1.68. The average molecular weight is 315 g/mol. The number of rotatable bonds is 5. The van der Waals surface area contributed by atoms with Crippen molar-refractivity contribution in [1.29, 1.82) is 0 Å². The predicted molar refractivity (Wildman–Crippen MR) is 86.1 cm³/mol. The third-order valence-electron chi connectivity index (χ3n) is 3.73. The molecule has 0 amide bonds. The Kier molecular flexibility index (Phi) is 4.04. The molecule has 22 heavy (non-hydrogen) atoms. The number of Topliss-reactive ketones (excluding diaryl/α,β-unsaturated/α-hetero) is 1. The van der Waals surface area contributed by atoms with Crippen molar-refractivity contribution in [2.45, 2.75) is 26.4 Å². The number of benzene rings is 1. The van der Waals surface area contributed by atoms with Crippen LogP contribution < -0.4 is 0 Å². The number of hydrogen-bond acceptors (Lipinski definition) is 6. The van der Waals surface area contributed by atoms with Gasteiger partial charge in [0.15, 0.2) is 11.6 Å². The lowest BCUT2D eigenvalue weighted by atomic mass is 10.0. The summed E-state index contributed by atoms with van der Waals surface area (Å²) in [7, 11) is 1.88. The van der Waals surface area contributed by atoms with Gasteiger partial charge in [-0.15, -0.1) is 11.3 Å². The van der Waals surface area contributed by atoms with E-state index in [9.17, 15) is 4.79 Å². The maximum Gasteiger partial charge on any atom is 0.240 e. The van der Waals surface area contributed by atoms with Gasteiger partial charge in [0.1, 0.15) is 0 Å². The molecule has 0 saturated heterocycles. The van der Waals surface area contributed by atoms with E-state index in [1.54, 1.807) is 18.3 Å². The highest BCUT2D eigenvalue weighted by molar-refractivity contribution is 7.17. The van der Waals surface area contributed by atoms with Gasteiger partial charge in [-0.2, -0.15) is 4.98 Å². The zero-order valence-corrected chi connectivity index (χ0v) is 13.6. The maximum absolute atomic E-state index is 12.6. The molecule has 2 heterocycles. The van der Waals surface area contributed by atoms with Crippen LogP contribution >= 0.6 is 11.3 Å². The Morgan fingerprint density at radius 3 is 2.95 bits per heavy atom. The summed E-state index contributed by atoms with van der Waals surface area (Å²) in [6.07, 6.45) is 0. The fourth-order valence-electron chi connectivity index (χ4n) is 2.32. The van der Waals surface area contributed by atoms with Gasteiger partial charge in [0.2, 0.25) is 5.89 Å². The molecule has 0 saturated carbocycles. The number of aryl methyl sites for hydroxylation is 1. The first-order valence-electron chi connectivity index (χ1n) is 7.05. The largest absolute Gasteiger partial charge is 0.338 e. The first-order valence-corrected chi connectivity index (χ1v) is 7.93. The van der Waals surface area contributed by atoms with Gasteiger partial charge in [-0.25, -0.2) is 0 Å². The van der Waals surface area contributed by atoms with Crippen molar-refractivity contribution in [2.24, 2.45) is 0 Å². The van der Waals surface area contributed by atoms with E-state index in [1.807, 2.05) is 48.5 Å². The van der Waals surface area contributed by atoms with Gasteiger partial charge >= 0.3 is 0 Å².